The molecule has 1 saturated heterocycles. The SMILES string of the molecule is CC[C@H](C)[C@@H]([C@@H](CC(=O)N1CCC[C@H]1[C@H](OC)[C@@H](C)C(=O)N[C@@H](Cc1ccccc1)C(=O)NNC(=O)c1ccccc1)OC)N(C)C(=O)[C@@H](NC(=O)[C@H](C(C)C)N(C)CCCC(=O)O)C(C)C. The molecule has 17 nitrogen and oxygen atoms in total. The summed E-state index contributed by atoms with van der Waals surface area (Å²) in [5, 5.41) is 15.0. The highest BCUT2D eigenvalue weighted by Gasteiger charge is 2.43. The van der Waals surface area contributed by atoms with Crippen molar-refractivity contribution in [1.82, 2.24) is 36.2 Å². The summed E-state index contributed by atoms with van der Waals surface area (Å²) in [5.41, 5.74) is 6.02. The fourth-order valence-corrected chi connectivity index (χ4v) is 9.14. The molecule has 1 heterocycles. The minimum atomic E-state index is -1.07. The van der Waals surface area contributed by atoms with Crippen molar-refractivity contribution >= 4 is 41.4 Å². The molecule has 9 atom stereocenters. The molecule has 0 bridgehead atoms. The quantitative estimate of drug-likeness (QED) is 0.0849. The second-order valence-corrected chi connectivity index (χ2v) is 18.5. The number of benzene rings is 2. The Morgan fingerprint density at radius 2 is 1.43 bits per heavy atom. The van der Waals surface area contributed by atoms with Gasteiger partial charge >= 0.3 is 5.97 Å². The number of carboxylic acids is 1. The summed E-state index contributed by atoms with van der Waals surface area (Å²) in [4.78, 5) is 99.5. The van der Waals surface area contributed by atoms with Gasteiger partial charge in [0, 0.05) is 46.2 Å². The summed E-state index contributed by atoms with van der Waals surface area (Å²) < 4.78 is 12.0. The number of methoxy groups -OCH3 is 2. The summed E-state index contributed by atoms with van der Waals surface area (Å²) >= 11 is 0. The summed E-state index contributed by atoms with van der Waals surface area (Å²) in [7, 11) is 6.46. The van der Waals surface area contributed by atoms with E-state index in [0.717, 1.165) is 5.56 Å². The van der Waals surface area contributed by atoms with E-state index in [1.165, 1.54) is 14.2 Å². The monoisotopic (exact) mass is 936 g/mol. The van der Waals surface area contributed by atoms with Crippen LogP contribution in [-0.2, 0) is 44.7 Å². The van der Waals surface area contributed by atoms with Crippen molar-refractivity contribution in [3.8, 4) is 0 Å². The van der Waals surface area contributed by atoms with Crippen molar-refractivity contribution in [2.45, 2.75) is 136 Å². The molecule has 17 heteroatoms. The average molecular weight is 936 g/mol. The van der Waals surface area contributed by atoms with E-state index in [4.69, 9.17) is 14.6 Å². The van der Waals surface area contributed by atoms with Gasteiger partial charge in [-0.1, -0.05) is 103 Å². The Kier molecular flexibility index (Phi) is 22.9. The fraction of sp³-hybridized carbons (Fsp3) is 0.620. The van der Waals surface area contributed by atoms with Gasteiger partial charge in [0.1, 0.15) is 12.1 Å². The first-order chi connectivity index (χ1) is 31.8. The summed E-state index contributed by atoms with van der Waals surface area (Å²) in [6.45, 7) is 14.0. The van der Waals surface area contributed by atoms with Crippen LogP contribution in [0.1, 0.15) is 103 Å². The van der Waals surface area contributed by atoms with E-state index in [9.17, 15) is 33.6 Å². The Balaban J connectivity index is 1.79. The zero-order valence-electron chi connectivity index (χ0n) is 41.5. The Hall–Kier alpha value is -5.39. The highest BCUT2D eigenvalue weighted by molar-refractivity contribution is 5.96. The van der Waals surface area contributed by atoms with Crippen LogP contribution < -0.4 is 21.5 Å². The third kappa shape index (κ3) is 16.1. The maximum atomic E-state index is 14.5. The molecule has 6 amide bonds. The van der Waals surface area contributed by atoms with Crippen molar-refractivity contribution in [1.29, 1.82) is 0 Å². The van der Waals surface area contributed by atoms with Crippen LogP contribution in [0.25, 0.3) is 0 Å². The number of nitrogens with zero attached hydrogens (tertiary/aromatic N) is 3. The molecular weight excluding hydrogens is 859 g/mol. The number of likely N-dealkylation sites (tertiary alicyclic amines) is 1. The molecule has 67 heavy (non-hydrogen) atoms. The average Bonchev–Trinajstić information content (AvgIpc) is 3.79. The number of carbonyl (C=O) groups is 7. The van der Waals surface area contributed by atoms with E-state index in [-0.39, 0.29) is 54.7 Å². The van der Waals surface area contributed by atoms with E-state index in [2.05, 4.69) is 21.5 Å². The van der Waals surface area contributed by atoms with Gasteiger partial charge in [0.05, 0.1) is 42.7 Å². The fourth-order valence-electron chi connectivity index (χ4n) is 9.14. The van der Waals surface area contributed by atoms with Crippen LogP contribution in [-0.4, -0.2) is 145 Å². The van der Waals surface area contributed by atoms with Crippen LogP contribution in [0.2, 0.25) is 0 Å². The molecule has 2 aromatic carbocycles. The van der Waals surface area contributed by atoms with E-state index in [1.807, 2.05) is 76.8 Å². The lowest BCUT2D eigenvalue weighted by atomic mass is 9.89. The summed E-state index contributed by atoms with van der Waals surface area (Å²) in [5.74, 6) is -4.74. The van der Waals surface area contributed by atoms with E-state index in [0.29, 0.717) is 44.3 Å². The third-order valence-corrected chi connectivity index (χ3v) is 13.0. The minimum Gasteiger partial charge on any atom is -0.481 e. The van der Waals surface area contributed by atoms with Crippen molar-refractivity contribution in [2.24, 2.45) is 23.7 Å². The van der Waals surface area contributed by atoms with Crippen molar-refractivity contribution in [3.63, 3.8) is 0 Å². The lowest BCUT2D eigenvalue weighted by Crippen LogP contribution is -2.60. The number of hydrogen-bond donors (Lipinski definition) is 5. The number of likely N-dealkylation sites (N-methyl/N-ethyl adjacent to an activating group) is 2. The number of aliphatic carboxylic acids is 1. The van der Waals surface area contributed by atoms with Crippen LogP contribution in [0.3, 0.4) is 0 Å². The number of amides is 6. The van der Waals surface area contributed by atoms with Gasteiger partial charge in [0.2, 0.25) is 23.6 Å². The predicted molar refractivity (Wildman–Crippen MR) is 255 cm³/mol. The molecule has 0 unspecified atom stereocenters. The first-order valence-corrected chi connectivity index (χ1v) is 23.6. The smallest absolute Gasteiger partial charge is 0.303 e. The number of hydrogen-bond acceptors (Lipinski definition) is 10. The van der Waals surface area contributed by atoms with Gasteiger partial charge in [-0.3, -0.25) is 49.3 Å². The molecule has 0 radical (unpaired) electrons. The molecule has 372 valence electrons. The van der Waals surface area contributed by atoms with Gasteiger partial charge in [-0.2, -0.15) is 0 Å². The molecule has 1 aliphatic heterocycles. The van der Waals surface area contributed by atoms with Crippen LogP contribution in [0.15, 0.2) is 60.7 Å². The number of carboxylic acid groups (broad SMARTS) is 1. The van der Waals surface area contributed by atoms with Crippen LogP contribution in [0, 0.1) is 23.7 Å². The number of carbonyl (C=O) groups excluding carboxylic acids is 6. The van der Waals surface area contributed by atoms with Gasteiger partial charge in [0.25, 0.3) is 11.8 Å². The zero-order valence-corrected chi connectivity index (χ0v) is 41.5. The maximum Gasteiger partial charge on any atom is 0.303 e. The standard InChI is InChI=1S/C50H77N7O10/c1-12-33(6)44(56(9)50(65)42(31(2)3)52-49(64)43(32(4)5)55(8)27-20-26-41(59)60)39(66-10)30-40(58)57-28-19-25-38(57)45(67-11)34(7)46(61)51-37(29-35-21-15-13-16-22-35)48(63)54-53-47(62)36-23-17-14-18-24-36/h13-18,21-24,31-34,37-39,42-45H,12,19-20,25-30H2,1-11H3,(H,51,61)(H,52,64)(H,53,62)(H,54,63)(H,59,60)/t33-,34+,37-,38-,39+,42-,43-,44-,45+/m0/s1. The first kappa shape index (κ1) is 55.9. The topological polar surface area (TPSA) is 216 Å². The Labute approximate surface area is 397 Å². The van der Waals surface area contributed by atoms with Crippen LogP contribution in [0.4, 0.5) is 0 Å². The van der Waals surface area contributed by atoms with Crippen molar-refractivity contribution in [2.75, 3.05) is 41.4 Å². The number of hydrazine groups is 1. The largest absolute Gasteiger partial charge is 0.481 e. The predicted octanol–water partition coefficient (Wildman–Crippen LogP) is 4.06. The van der Waals surface area contributed by atoms with Crippen molar-refractivity contribution in [3.05, 3.63) is 71.8 Å². The van der Waals surface area contributed by atoms with Crippen LogP contribution in [0.5, 0.6) is 0 Å². The Morgan fingerprint density at radius 1 is 0.806 bits per heavy atom. The van der Waals surface area contributed by atoms with Crippen molar-refractivity contribution < 1.29 is 48.1 Å². The summed E-state index contributed by atoms with van der Waals surface area (Å²) in [6.07, 6.45) is 0.839. The maximum absolute atomic E-state index is 14.5. The Bertz CT molecular complexity index is 1920. The minimum absolute atomic E-state index is 0.0199. The summed E-state index contributed by atoms with van der Waals surface area (Å²) in [6, 6.07) is 14.0. The van der Waals surface area contributed by atoms with Gasteiger partial charge in [-0.05, 0) is 68.3 Å². The number of rotatable bonds is 26. The molecule has 0 spiro atoms. The zero-order chi connectivity index (χ0) is 50.0. The number of ether oxygens (including phenoxy) is 2. The molecule has 1 aliphatic rings. The van der Waals surface area contributed by atoms with Gasteiger partial charge in [-0.15, -0.1) is 0 Å². The van der Waals surface area contributed by atoms with Gasteiger partial charge in [0.15, 0.2) is 0 Å². The highest BCUT2D eigenvalue weighted by atomic mass is 16.5. The molecule has 3 rings (SSSR count). The molecule has 0 aliphatic carbocycles. The Morgan fingerprint density at radius 3 is 1.99 bits per heavy atom. The molecule has 0 aromatic heterocycles. The number of nitrogens with one attached hydrogen (secondary N) is 4. The second kappa shape index (κ2) is 27.4. The lowest BCUT2D eigenvalue weighted by molar-refractivity contribution is -0.148. The van der Waals surface area contributed by atoms with Crippen LogP contribution >= 0.6 is 0 Å². The molecule has 2 aromatic rings. The van der Waals surface area contributed by atoms with Gasteiger partial charge < -0.3 is 35.0 Å². The molecule has 5 N–H and O–H groups in total. The van der Waals surface area contributed by atoms with Gasteiger partial charge in [-0.25, -0.2) is 0 Å². The van der Waals surface area contributed by atoms with E-state index < -0.39 is 72.0 Å². The molecular formula is C50H77N7O10. The normalized spacial score (nSPS) is 17.4. The third-order valence-electron chi connectivity index (χ3n) is 13.0. The molecule has 1 fully saturated rings. The highest BCUT2D eigenvalue weighted by Crippen LogP contribution is 2.30. The lowest BCUT2D eigenvalue weighted by Gasteiger charge is -2.41. The first-order valence-electron chi connectivity index (χ1n) is 23.6. The van der Waals surface area contributed by atoms with E-state index >= 15 is 0 Å². The van der Waals surface area contributed by atoms with E-state index in [1.54, 1.807) is 61.2 Å². The second-order valence-electron chi connectivity index (χ2n) is 18.5. The molecule has 0 saturated carbocycles.